The van der Waals surface area contributed by atoms with E-state index in [9.17, 15) is 0 Å². The molecule has 1 saturated heterocycles. The van der Waals surface area contributed by atoms with E-state index in [0.717, 1.165) is 30.9 Å². The Bertz CT molecular complexity index is 390. The third-order valence-corrected chi connectivity index (χ3v) is 5.90. The van der Waals surface area contributed by atoms with Crippen molar-refractivity contribution in [2.24, 2.45) is 22.7 Å². The third-order valence-electron chi connectivity index (χ3n) is 5.90. The van der Waals surface area contributed by atoms with Crippen LogP contribution < -0.4 is 10.6 Å². The summed E-state index contributed by atoms with van der Waals surface area (Å²) in [6.45, 7) is 12.8. The van der Waals surface area contributed by atoms with Crippen molar-refractivity contribution in [3.8, 4) is 0 Å². The molecule has 2 N–H and O–H groups in total. The monoisotopic (exact) mass is 351 g/mol. The molecule has 1 aliphatic carbocycles. The van der Waals surface area contributed by atoms with Crippen LogP contribution in [0.15, 0.2) is 4.99 Å². The van der Waals surface area contributed by atoms with Crippen molar-refractivity contribution in [2.75, 3.05) is 59.9 Å². The Kier molecular flexibility index (Phi) is 9.04. The molecule has 1 saturated carbocycles. The lowest BCUT2D eigenvalue weighted by Crippen LogP contribution is -2.47. The van der Waals surface area contributed by atoms with Gasteiger partial charge in [-0.25, -0.2) is 0 Å². The van der Waals surface area contributed by atoms with E-state index in [1.807, 2.05) is 7.05 Å². The number of likely N-dealkylation sites (N-methyl/N-ethyl adjacent to an activating group) is 1. The number of hydrogen-bond donors (Lipinski definition) is 2. The fraction of sp³-hybridized carbons (Fsp3) is 0.950. The van der Waals surface area contributed by atoms with Crippen LogP contribution >= 0.6 is 0 Å². The van der Waals surface area contributed by atoms with E-state index in [2.05, 4.69) is 46.3 Å². The van der Waals surface area contributed by atoms with Crippen molar-refractivity contribution in [1.29, 1.82) is 0 Å². The minimum Gasteiger partial charge on any atom is -0.356 e. The molecule has 0 aromatic carbocycles. The second-order valence-electron chi connectivity index (χ2n) is 8.52. The zero-order valence-corrected chi connectivity index (χ0v) is 17.1. The van der Waals surface area contributed by atoms with Crippen molar-refractivity contribution < 1.29 is 0 Å². The summed E-state index contributed by atoms with van der Waals surface area (Å²) >= 11 is 0. The maximum Gasteiger partial charge on any atom is 0.190 e. The maximum absolute atomic E-state index is 4.39. The van der Waals surface area contributed by atoms with E-state index in [1.54, 1.807) is 0 Å². The van der Waals surface area contributed by atoms with Crippen LogP contribution in [0.5, 0.6) is 0 Å². The minimum absolute atomic E-state index is 0.640. The van der Waals surface area contributed by atoms with Crippen molar-refractivity contribution in [3.05, 3.63) is 0 Å². The second kappa shape index (κ2) is 11.0. The maximum atomic E-state index is 4.39. The number of rotatable bonds is 7. The zero-order valence-electron chi connectivity index (χ0n) is 17.1. The Hall–Kier alpha value is -0.810. The Morgan fingerprint density at radius 1 is 1.16 bits per heavy atom. The number of nitrogens with one attached hydrogen (secondary N) is 2. The normalized spacial score (nSPS) is 27.9. The Morgan fingerprint density at radius 3 is 2.60 bits per heavy atom. The highest BCUT2D eigenvalue weighted by Crippen LogP contribution is 2.30. The Balaban J connectivity index is 1.57. The van der Waals surface area contributed by atoms with Crippen LogP contribution in [0.25, 0.3) is 0 Å². The number of guanidine groups is 1. The average Bonchev–Trinajstić information content (AvgIpc) is 2.60. The molecule has 1 aliphatic heterocycles. The Labute approximate surface area is 155 Å². The molecular formula is C20H41N5. The highest BCUT2D eigenvalue weighted by atomic mass is 15.2. The van der Waals surface area contributed by atoms with Crippen molar-refractivity contribution in [3.63, 3.8) is 0 Å². The van der Waals surface area contributed by atoms with Crippen LogP contribution in [-0.4, -0.2) is 75.7 Å². The van der Waals surface area contributed by atoms with Crippen molar-refractivity contribution in [2.45, 2.75) is 46.0 Å². The number of hydrogen-bond acceptors (Lipinski definition) is 3. The van der Waals surface area contributed by atoms with Crippen LogP contribution in [0, 0.1) is 17.8 Å². The SMILES string of the molecule is CN=C(NCCC1CCCC(C)C1)NCC(C)CN1CCN(C)CC1. The fourth-order valence-corrected chi connectivity index (χ4v) is 4.24. The van der Waals surface area contributed by atoms with Gasteiger partial charge in [0, 0.05) is 52.9 Å². The quantitative estimate of drug-likeness (QED) is 0.545. The molecule has 0 aromatic heterocycles. The highest BCUT2D eigenvalue weighted by molar-refractivity contribution is 5.79. The van der Waals surface area contributed by atoms with Gasteiger partial charge in [0.1, 0.15) is 0 Å². The molecule has 3 unspecified atom stereocenters. The first-order valence-electron chi connectivity index (χ1n) is 10.4. The van der Waals surface area contributed by atoms with Crippen LogP contribution in [-0.2, 0) is 0 Å². The lowest BCUT2D eigenvalue weighted by molar-refractivity contribution is 0.139. The molecule has 1 heterocycles. The second-order valence-corrected chi connectivity index (χ2v) is 8.52. The van der Waals surface area contributed by atoms with Gasteiger partial charge < -0.3 is 20.4 Å². The van der Waals surface area contributed by atoms with Gasteiger partial charge in [-0.2, -0.15) is 0 Å². The van der Waals surface area contributed by atoms with E-state index < -0.39 is 0 Å². The molecule has 0 bridgehead atoms. The van der Waals surface area contributed by atoms with Crippen molar-refractivity contribution in [1.82, 2.24) is 20.4 Å². The van der Waals surface area contributed by atoms with Gasteiger partial charge in [-0.15, -0.1) is 0 Å². The molecular weight excluding hydrogens is 310 g/mol. The summed E-state index contributed by atoms with van der Waals surface area (Å²) in [5, 5.41) is 7.03. The van der Waals surface area contributed by atoms with Gasteiger partial charge in [0.05, 0.1) is 0 Å². The van der Waals surface area contributed by atoms with Gasteiger partial charge in [0.15, 0.2) is 5.96 Å². The Morgan fingerprint density at radius 2 is 1.92 bits per heavy atom. The molecule has 0 aromatic rings. The molecule has 2 fully saturated rings. The largest absolute Gasteiger partial charge is 0.356 e. The first kappa shape index (κ1) is 20.5. The zero-order chi connectivity index (χ0) is 18.1. The standard InChI is InChI=1S/C20H41N5/c1-17-6-5-7-19(14-17)8-9-22-20(21-3)23-15-18(2)16-25-12-10-24(4)11-13-25/h17-19H,5-16H2,1-4H3,(H2,21,22,23). The summed E-state index contributed by atoms with van der Waals surface area (Å²) in [6.07, 6.45) is 6.96. The van der Waals surface area contributed by atoms with Gasteiger partial charge in [-0.1, -0.05) is 33.1 Å². The van der Waals surface area contributed by atoms with E-state index >= 15 is 0 Å². The van der Waals surface area contributed by atoms with E-state index in [0.29, 0.717) is 5.92 Å². The molecule has 146 valence electrons. The van der Waals surface area contributed by atoms with Gasteiger partial charge in [0.2, 0.25) is 0 Å². The summed E-state index contributed by atoms with van der Waals surface area (Å²) in [4.78, 5) is 9.39. The molecule has 0 amide bonds. The number of piperazine rings is 1. The molecule has 3 atom stereocenters. The molecule has 2 aliphatic rings. The fourth-order valence-electron chi connectivity index (χ4n) is 4.24. The predicted octanol–water partition coefficient (Wildman–Crippen LogP) is 2.25. The van der Waals surface area contributed by atoms with Crippen LogP contribution in [0.2, 0.25) is 0 Å². The summed E-state index contributed by atoms with van der Waals surface area (Å²) < 4.78 is 0. The van der Waals surface area contributed by atoms with E-state index in [4.69, 9.17) is 0 Å². The van der Waals surface area contributed by atoms with Gasteiger partial charge >= 0.3 is 0 Å². The summed E-state index contributed by atoms with van der Waals surface area (Å²) in [5.41, 5.74) is 0. The number of nitrogens with zero attached hydrogens (tertiary/aromatic N) is 3. The first-order chi connectivity index (χ1) is 12.1. The molecule has 5 heteroatoms. The predicted molar refractivity (Wildman–Crippen MR) is 108 cm³/mol. The van der Waals surface area contributed by atoms with Gasteiger partial charge in [-0.05, 0) is 37.6 Å². The first-order valence-corrected chi connectivity index (χ1v) is 10.4. The van der Waals surface area contributed by atoms with E-state index in [1.165, 1.54) is 64.8 Å². The lowest BCUT2D eigenvalue weighted by Gasteiger charge is -2.34. The van der Waals surface area contributed by atoms with E-state index in [-0.39, 0.29) is 0 Å². The topological polar surface area (TPSA) is 42.9 Å². The smallest absolute Gasteiger partial charge is 0.190 e. The van der Waals surface area contributed by atoms with Crippen LogP contribution in [0.1, 0.15) is 46.0 Å². The van der Waals surface area contributed by atoms with Crippen LogP contribution in [0.3, 0.4) is 0 Å². The molecule has 25 heavy (non-hydrogen) atoms. The summed E-state index contributed by atoms with van der Waals surface area (Å²) in [5.74, 6) is 3.44. The van der Waals surface area contributed by atoms with Crippen molar-refractivity contribution >= 4 is 5.96 Å². The summed E-state index contributed by atoms with van der Waals surface area (Å²) in [7, 11) is 4.09. The van der Waals surface area contributed by atoms with Crippen LogP contribution in [0.4, 0.5) is 0 Å². The third kappa shape index (κ3) is 7.95. The van der Waals surface area contributed by atoms with Gasteiger partial charge in [0.25, 0.3) is 0 Å². The lowest BCUT2D eigenvalue weighted by atomic mass is 9.81. The molecule has 5 nitrogen and oxygen atoms in total. The molecule has 0 radical (unpaired) electrons. The minimum atomic E-state index is 0.640. The molecule has 0 spiro atoms. The van der Waals surface area contributed by atoms with Gasteiger partial charge in [-0.3, -0.25) is 4.99 Å². The summed E-state index contributed by atoms with van der Waals surface area (Å²) in [6, 6.07) is 0. The number of aliphatic imine (C=N–C) groups is 1. The molecule has 2 rings (SSSR count). The highest BCUT2D eigenvalue weighted by Gasteiger charge is 2.19. The average molecular weight is 352 g/mol.